The zero-order chi connectivity index (χ0) is 13.4. The first-order valence-corrected chi connectivity index (χ1v) is 5.83. The van der Waals surface area contributed by atoms with E-state index in [2.05, 4.69) is 10.6 Å². The molecule has 0 aromatic carbocycles. The zero-order valence-electron chi connectivity index (χ0n) is 11.0. The highest BCUT2D eigenvalue weighted by Gasteiger charge is 2.26. The first kappa shape index (κ1) is 15.7. The molecule has 2 atom stereocenters. The summed E-state index contributed by atoms with van der Waals surface area (Å²) in [6.07, 6.45) is 0.706. The number of amides is 2. The van der Waals surface area contributed by atoms with Crippen LogP contribution in [-0.4, -0.2) is 55.2 Å². The maximum Gasteiger partial charge on any atom is 0.326 e. The van der Waals surface area contributed by atoms with Gasteiger partial charge in [0.1, 0.15) is 6.04 Å². The lowest BCUT2D eigenvalue weighted by molar-refractivity contribution is -0.140. The van der Waals surface area contributed by atoms with Crippen LogP contribution < -0.4 is 10.6 Å². The second-order valence-corrected chi connectivity index (χ2v) is 4.18. The van der Waals surface area contributed by atoms with Gasteiger partial charge in [-0.15, -0.1) is 0 Å². The highest BCUT2D eigenvalue weighted by Crippen LogP contribution is 2.08. The molecule has 0 aliphatic carbocycles. The van der Waals surface area contributed by atoms with E-state index < -0.39 is 12.0 Å². The summed E-state index contributed by atoms with van der Waals surface area (Å²) in [7, 11) is 3.44. The fourth-order valence-corrected chi connectivity index (χ4v) is 1.31. The molecule has 0 aliphatic heterocycles. The predicted octanol–water partition coefficient (Wildman–Crippen LogP) is 0.347. The van der Waals surface area contributed by atoms with E-state index in [4.69, 9.17) is 5.11 Å². The van der Waals surface area contributed by atoms with Gasteiger partial charge in [-0.05, 0) is 13.0 Å². The third-order valence-electron chi connectivity index (χ3n) is 2.80. The van der Waals surface area contributed by atoms with Gasteiger partial charge in [-0.25, -0.2) is 9.59 Å². The molecule has 0 spiro atoms. The van der Waals surface area contributed by atoms with Crippen LogP contribution in [0.5, 0.6) is 0 Å². The SMILES string of the molecule is CCC(C)C(NC(=O)N(C)CCNC)C(=O)O. The van der Waals surface area contributed by atoms with E-state index in [9.17, 15) is 9.59 Å². The summed E-state index contributed by atoms with van der Waals surface area (Å²) in [5.41, 5.74) is 0. The van der Waals surface area contributed by atoms with Crippen molar-refractivity contribution in [2.24, 2.45) is 5.92 Å². The Morgan fingerprint density at radius 1 is 1.41 bits per heavy atom. The lowest BCUT2D eigenvalue weighted by Crippen LogP contribution is -2.50. The first-order valence-electron chi connectivity index (χ1n) is 5.83. The zero-order valence-corrected chi connectivity index (χ0v) is 11.0. The maximum absolute atomic E-state index is 11.7. The minimum atomic E-state index is -0.991. The molecular formula is C11H23N3O3. The smallest absolute Gasteiger partial charge is 0.326 e. The Morgan fingerprint density at radius 2 is 2.00 bits per heavy atom. The summed E-state index contributed by atoms with van der Waals surface area (Å²) in [4.78, 5) is 24.2. The van der Waals surface area contributed by atoms with Gasteiger partial charge in [0.2, 0.25) is 0 Å². The first-order chi connectivity index (χ1) is 7.93. The van der Waals surface area contributed by atoms with Crippen LogP contribution in [-0.2, 0) is 4.79 Å². The number of carboxylic acid groups (broad SMARTS) is 1. The largest absolute Gasteiger partial charge is 0.480 e. The molecule has 100 valence electrons. The van der Waals surface area contributed by atoms with Crippen molar-refractivity contribution in [2.45, 2.75) is 26.3 Å². The summed E-state index contributed by atoms with van der Waals surface area (Å²) < 4.78 is 0. The summed E-state index contributed by atoms with van der Waals surface area (Å²) in [5, 5.41) is 14.5. The van der Waals surface area contributed by atoms with E-state index in [1.165, 1.54) is 4.90 Å². The molecule has 0 aromatic heterocycles. The number of nitrogens with one attached hydrogen (secondary N) is 2. The van der Waals surface area contributed by atoms with E-state index in [0.717, 1.165) is 0 Å². The monoisotopic (exact) mass is 245 g/mol. The molecule has 0 radical (unpaired) electrons. The molecule has 6 heteroatoms. The van der Waals surface area contributed by atoms with E-state index in [1.54, 1.807) is 14.1 Å². The Labute approximate surface area is 102 Å². The van der Waals surface area contributed by atoms with Crippen LogP contribution in [0.2, 0.25) is 0 Å². The molecule has 0 heterocycles. The van der Waals surface area contributed by atoms with Gasteiger partial charge in [-0.1, -0.05) is 20.3 Å². The van der Waals surface area contributed by atoms with Crippen molar-refractivity contribution < 1.29 is 14.7 Å². The average Bonchev–Trinajstić information content (AvgIpc) is 2.31. The van der Waals surface area contributed by atoms with Crippen LogP contribution in [0, 0.1) is 5.92 Å². The lowest BCUT2D eigenvalue weighted by Gasteiger charge is -2.24. The van der Waals surface area contributed by atoms with Crippen LogP contribution in [0.4, 0.5) is 4.79 Å². The number of carboxylic acids is 1. The van der Waals surface area contributed by atoms with Crippen LogP contribution >= 0.6 is 0 Å². The van der Waals surface area contributed by atoms with Gasteiger partial charge >= 0.3 is 12.0 Å². The Hall–Kier alpha value is -1.30. The number of carbonyl (C=O) groups excluding carboxylic acids is 1. The third kappa shape index (κ3) is 5.53. The summed E-state index contributed by atoms with van der Waals surface area (Å²) in [6.45, 7) is 4.92. The van der Waals surface area contributed by atoms with Gasteiger partial charge < -0.3 is 20.6 Å². The van der Waals surface area contributed by atoms with E-state index >= 15 is 0 Å². The molecule has 0 saturated heterocycles. The standard InChI is InChI=1S/C11H23N3O3/c1-5-8(2)9(10(15)16)13-11(17)14(4)7-6-12-3/h8-9,12H,5-7H2,1-4H3,(H,13,17)(H,15,16). The van der Waals surface area contributed by atoms with Crippen molar-refractivity contribution in [2.75, 3.05) is 27.2 Å². The topological polar surface area (TPSA) is 81.7 Å². The Balaban J connectivity index is 4.35. The fourth-order valence-electron chi connectivity index (χ4n) is 1.31. The van der Waals surface area contributed by atoms with Crippen molar-refractivity contribution in [1.82, 2.24) is 15.5 Å². The number of rotatable bonds is 7. The van der Waals surface area contributed by atoms with Gasteiger partial charge in [0, 0.05) is 20.1 Å². The van der Waals surface area contributed by atoms with E-state index in [0.29, 0.717) is 19.5 Å². The van der Waals surface area contributed by atoms with Gasteiger partial charge in [0.05, 0.1) is 0 Å². The Bertz CT molecular complexity index is 258. The number of urea groups is 1. The maximum atomic E-state index is 11.7. The van der Waals surface area contributed by atoms with Crippen molar-refractivity contribution in [3.8, 4) is 0 Å². The highest BCUT2D eigenvalue weighted by atomic mass is 16.4. The second-order valence-electron chi connectivity index (χ2n) is 4.18. The van der Waals surface area contributed by atoms with Crippen LogP contribution in [0.1, 0.15) is 20.3 Å². The highest BCUT2D eigenvalue weighted by molar-refractivity contribution is 5.82. The molecule has 2 unspecified atom stereocenters. The normalized spacial score (nSPS) is 13.9. The quantitative estimate of drug-likeness (QED) is 0.604. The second kappa shape index (κ2) is 7.89. The summed E-state index contributed by atoms with van der Waals surface area (Å²) >= 11 is 0. The van der Waals surface area contributed by atoms with Gasteiger partial charge in [-0.2, -0.15) is 0 Å². The number of hydrogen-bond donors (Lipinski definition) is 3. The average molecular weight is 245 g/mol. The molecule has 0 aliphatic rings. The molecule has 3 N–H and O–H groups in total. The molecule has 6 nitrogen and oxygen atoms in total. The third-order valence-corrected chi connectivity index (χ3v) is 2.80. The molecule has 17 heavy (non-hydrogen) atoms. The fraction of sp³-hybridized carbons (Fsp3) is 0.818. The van der Waals surface area contributed by atoms with Crippen LogP contribution in [0.25, 0.3) is 0 Å². The predicted molar refractivity (Wildman–Crippen MR) is 66.0 cm³/mol. The molecule has 0 rings (SSSR count). The molecule has 0 saturated carbocycles. The van der Waals surface area contributed by atoms with Crippen LogP contribution in [0.3, 0.4) is 0 Å². The molecule has 0 aromatic rings. The van der Waals surface area contributed by atoms with Crippen molar-refractivity contribution in [3.63, 3.8) is 0 Å². The van der Waals surface area contributed by atoms with Crippen molar-refractivity contribution >= 4 is 12.0 Å². The van der Waals surface area contributed by atoms with E-state index in [-0.39, 0.29) is 11.9 Å². The number of nitrogens with zero attached hydrogens (tertiary/aromatic N) is 1. The van der Waals surface area contributed by atoms with E-state index in [1.807, 2.05) is 13.8 Å². The van der Waals surface area contributed by atoms with Crippen molar-refractivity contribution in [1.29, 1.82) is 0 Å². The molecule has 0 fully saturated rings. The molecule has 2 amide bonds. The van der Waals surface area contributed by atoms with Crippen molar-refractivity contribution in [3.05, 3.63) is 0 Å². The van der Waals surface area contributed by atoms with Gasteiger partial charge in [-0.3, -0.25) is 0 Å². The minimum absolute atomic E-state index is 0.0887. The number of carbonyl (C=O) groups is 2. The summed E-state index contributed by atoms with van der Waals surface area (Å²) in [5.74, 6) is -1.08. The number of likely N-dealkylation sites (N-methyl/N-ethyl adjacent to an activating group) is 2. The molecular weight excluding hydrogens is 222 g/mol. The minimum Gasteiger partial charge on any atom is -0.480 e. The Morgan fingerprint density at radius 3 is 2.41 bits per heavy atom. The summed E-state index contributed by atoms with van der Waals surface area (Å²) in [6, 6.07) is -1.18. The van der Waals surface area contributed by atoms with Crippen LogP contribution in [0.15, 0.2) is 0 Å². The molecule has 0 bridgehead atoms. The number of hydrogen-bond acceptors (Lipinski definition) is 3. The van der Waals surface area contributed by atoms with Gasteiger partial charge in [0.15, 0.2) is 0 Å². The van der Waals surface area contributed by atoms with Gasteiger partial charge in [0.25, 0.3) is 0 Å². The number of aliphatic carboxylic acids is 1. The lowest BCUT2D eigenvalue weighted by atomic mass is 9.99. The Kier molecular flexibility index (Phi) is 7.29.